The number of fused-ring (bicyclic) bond motifs is 1. The zero-order valence-corrected chi connectivity index (χ0v) is 11.6. The predicted octanol–water partition coefficient (Wildman–Crippen LogP) is 4.09. The number of rotatable bonds is 1. The van der Waals surface area contributed by atoms with Gasteiger partial charge < -0.3 is 10.1 Å². The minimum atomic E-state index is -0.133. The molecule has 0 bridgehead atoms. The summed E-state index contributed by atoms with van der Waals surface area (Å²) < 4.78 is 5.97. The summed E-state index contributed by atoms with van der Waals surface area (Å²) in [5.41, 5.74) is 3.86. The van der Waals surface area contributed by atoms with Crippen LogP contribution in [0.2, 0.25) is 0 Å². The minimum Gasteiger partial charge on any atom is -0.488 e. The van der Waals surface area contributed by atoms with E-state index in [0.717, 1.165) is 12.3 Å². The maximum absolute atomic E-state index is 5.97. The number of hydrogen-bond donors (Lipinski definition) is 1. The quantitative estimate of drug-likeness (QED) is 0.788. The Morgan fingerprint density at radius 1 is 1.29 bits per heavy atom. The van der Waals surface area contributed by atoms with Crippen LogP contribution in [0.1, 0.15) is 51.2 Å². The summed E-state index contributed by atoms with van der Waals surface area (Å²) in [6.45, 7) is 11.8. The largest absolute Gasteiger partial charge is 0.488 e. The van der Waals surface area contributed by atoms with Crippen LogP contribution >= 0.6 is 0 Å². The van der Waals surface area contributed by atoms with Gasteiger partial charge in [-0.2, -0.15) is 0 Å². The second-order valence-corrected chi connectivity index (χ2v) is 6.04. The zero-order chi connectivity index (χ0) is 12.6. The van der Waals surface area contributed by atoms with Gasteiger partial charge in [-0.25, -0.2) is 0 Å². The van der Waals surface area contributed by atoms with Gasteiger partial charge in [-0.3, -0.25) is 0 Å². The van der Waals surface area contributed by atoms with Crippen molar-refractivity contribution in [1.82, 2.24) is 0 Å². The fraction of sp³-hybridized carbons (Fsp3) is 0.600. The first-order valence-electron chi connectivity index (χ1n) is 6.44. The highest BCUT2D eigenvalue weighted by atomic mass is 16.5. The third kappa shape index (κ3) is 2.74. The van der Waals surface area contributed by atoms with Gasteiger partial charge in [-0.15, -0.1) is 0 Å². The van der Waals surface area contributed by atoms with Crippen LogP contribution in [0.15, 0.2) is 12.1 Å². The number of nitrogens with one attached hydrogen (secondary N) is 1. The standard InChI is InChI=1S/C15H23NO/c1-10-6-7-16-14-11(2)8-12(9-13(10)14)17-15(3,4)5/h8-10,16H,6-7H2,1-5H3. The number of hydrogen-bond acceptors (Lipinski definition) is 2. The van der Waals surface area contributed by atoms with Gasteiger partial charge >= 0.3 is 0 Å². The Morgan fingerprint density at radius 2 is 2.00 bits per heavy atom. The maximum atomic E-state index is 5.97. The molecule has 0 aliphatic carbocycles. The Balaban J connectivity index is 2.38. The molecule has 1 aliphatic heterocycles. The number of ether oxygens (including phenoxy) is 1. The average molecular weight is 233 g/mol. The molecule has 17 heavy (non-hydrogen) atoms. The minimum absolute atomic E-state index is 0.133. The van der Waals surface area contributed by atoms with E-state index < -0.39 is 0 Å². The first kappa shape index (κ1) is 12.3. The average Bonchev–Trinajstić information content (AvgIpc) is 2.17. The number of benzene rings is 1. The van der Waals surface area contributed by atoms with Gasteiger partial charge in [0.15, 0.2) is 0 Å². The molecule has 0 radical (unpaired) electrons. The van der Waals surface area contributed by atoms with Crippen molar-refractivity contribution in [2.45, 2.75) is 52.6 Å². The molecule has 2 nitrogen and oxygen atoms in total. The first-order chi connectivity index (χ1) is 7.87. The van der Waals surface area contributed by atoms with Crippen LogP contribution in [0, 0.1) is 6.92 Å². The lowest BCUT2D eigenvalue weighted by Crippen LogP contribution is -2.23. The summed E-state index contributed by atoms with van der Waals surface area (Å²) in [6.07, 6.45) is 1.20. The van der Waals surface area contributed by atoms with Crippen LogP contribution in [-0.4, -0.2) is 12.1 Å². The lowest BCUT2D eigenvalue weighted by atomic mass is 9.90. The summed E-state index contributed by atoms with van der Waals surface area (Å²) in [6, 6.07) is 4.33. The highest BCUT2D eigenvalue weighted by Gasteiger charge is 2.20. The normalized spacial score (nSPS) is 19.5. The predicted molar refractivity (Wildman–Crippen MR) is 73.1 cm³/mol. The third-order valence-corrected chi connectivity index (χ3v) is 3.17. The van der Waals surface area contributed by atoms with Crippen molar-refractivity contribution < 1.29 is 4.74 Å². The summed E-state index contributed by atoms with van der Waals surface area (Å²) in [5, 5.41) is 3.50. The van der Waals surface area contributed by atoms with Crippen molar-refractivity contribution in [2.75, 3.05) is 11.9 Å². The Kier molecular flexibility index (Phi) is 3.07. The number of anilines is 1. The van der Waals surface area contributed by atoms with Gasteiger partial charge in [0.05, 0.1) is 0 Å². The SMILES string of the molecule is Cc1cc(OC(C)(C)C)cc2c1NCCC2C. The maximum Gasteiger partial charge on any atom is 0.120 e. The molecule has 0 saturated carbocycles. The number of aryl methyl sites for hydroxylation is 1. The monoisotopic (exact) mass is 233 g/mol. The molecule has 1 atom stereocenters. The third-order valence-electron chi connectivity index (χ3n) is 3.17. The summed E-state index contributed by atoms with van der Waals surface area (Å²) in [7, 11) is 0. The van der Waals surface area contributed by atoms with Crippen LogP contribution < -0.4 is 10.1 Å². The molecule has 2 heteroatoms. The van der Waals surface area contributed by atoms with Crippen molar-refractivity contribution in [3.05, 3.63) is 23.3 Å². The molecule has 0 aromatic heterocycles. The lowest BCUT2D eigenvalue weighted by molar-refractivity contribution is 0.130. The molecule has 2 rings (SSSR count). The highest BCUT2D eigenvalue weighted by molar-refractivity contribution is 5.62. The van der Waals surface area contributed by atoms with Crippen molar-refractivity contribution >= 4 is 5.69 Å². The molecular formula is C15H23NO. The second-order valence-electron chi connectivity index (χ2n) is 6.04. The van der Waals surface area contributed by atoms with Gasteiger partial charge in [-0.1, -0.05) is 6.92 Å². The van der Waals surface area contributed by atoms with Crippen molar-refractivity contribution in [2.24, 2.45) is 0 Å². The Bertz CT molecular complexity index is 418. The Hall–Kier alpha value is -1.18. The van der Waals surface area contributed by atoms with Crippen LogP contribution in [0.4, 0.5) is 5.69 Å². The smallest absolute Gasteiger partial charge is 0.120 e. The first-order valence-corrected chi connectivity index (χ1v) is 6.44. The van der Waals surface area contributed by atoms with Crippen LogP contribution in [0.25, 0.3) is 0 Å². The summed E-state index contributed by atoms with van der Waals surface area (Å²) in [4.78, 5) is 0. The van der Waals surface area contributed by atoms with Crippen molar-refractivity contribution in [3.63, 3.8) is 0 Å². The van der Waals surface area contributed by atoms with E-state index in [0.29, 0.717) is 5.92 Å². The van der Waals surface area contributed by atoms with E-state index in [1.165, 1.54) is 23.2 Å². The molecule has 0 amide bonds. The molecule has 94 valence electrons. The molecule has 1 heterocycles. The second kappa shape index (κ2) is 4.25. The molecule has 0 fully saturated rings. The fourth-order valence-corrected chi connectivity index (χ4v) is 2.39. The van der Waals surface area contributed by atoms with Crippen molar-refractivity contribution in [1.29, 1.82) is 0 Å². The van der Waals surface area contributed by atoms with Crippen LogP contribution in [0.5, 0.6) is 5.75 Å². The van der Waals surface area contributed by atoms with E-state index in [9.17, 15) is 0 Å². The van der Waals surface area contributed by atoms with Gasteiger partial charge in [0.2, 0.25) is 0 Å². The van der Waals surface area contributed by atoms with E-state index in [1.54, 1.807) is 0 Å². The molecule has 1 N–H and O–H groups in total. The molecule has 1 aromatic carbocycles. The van der Waals surface area contributed by atoms with Gasteiger partial charge in [0, 0.05) is 12.2 Å². The van der Waals surface area contributed by atoms with E-state index in [2.05, 4.69) is 52.1 Å². The van der Waals surface area contributed by atoms with Crippen LogP contribution in [-0.2, 0) is 0 Å². The summed E-state index contributed by atoms with van der Waals surface area (Å²) in [5.74, 6) is 1.61. The molecule has 0 spiro atoms. The lowest BCUT2D eigenvalue weighted by Gasteiger charge is -2.28. The van der Waals surface area contributed by atoms with Gasteiger partial charge in [0.1, 0.15) is 11.4 Å². The van der Waals surface area contributed by atoms with E-state index >= 15 is 0 Å². The fourth-order valence-electron chi connectivity index (χ4n) is 2.39. The van der Waals surface area contributed by atoms with E-state index in [4.69, 9.17) is 4.74 Å². The highest BCUT2D eigenvalue weighted by Crippen LogP contribution is 2.37. The molecule has 1 unspecified atom stereocenters. The van der Waals surface area contributed by atoms with E-state index in [1.807, 2.05) is 0 Å². The topological polar surface area (TPSA) is 21.3 Å². The molecule has 1 aliphatic rings. The Labute approximate surface area is 104 Å². The molecule has 1 aromatic rings. The van der Waals surface area contributed by atoms with E-state index in [-0.39, 0.29) is 5.60 Å². The Morgan fingerprint density at radius 3 is 2.65 bits per heavy atom. The van der Waals surface area contributed by atoms with Crippen LogP contribution in [0.3, 0.4) is 0 Å². The molecular weight excluding hydrogens is 210 g/mol. The zero-order valence-electron chi connectivity index (χ0n) is 11.6. The van der Waals surface area contributed by atoms with Gasteiger partial charge in [-0.05, 0) is 63.3 Å². The summed E-state index contributed by atoms with van der Waals surface area (Å²) >= 11 is 0. The van der Waals surface area contributed by atoms with Gasteiger partial charge in [0.25, 0.3) is 0 Å². The molecule has 0 saturated heterocycles. The van der Waals surface area contributed by atoms with Crippen molar-refractivity contribution in [3.8, 4) is 5.75 Å².